The van der Waals surface area contributed by atoms with Crippen LogP contribution in [-0.4, -0.2) is 36.9 Å². The molecule has 2 rings (SSSR count). The molecule has 21 heavy (non-hydrogen) atoms. The number of carbonyl (C=O) groups excluding carboxylic acids is 1. The van der Waals surface area contributed by atoms with Gasteiger partial charge in [0, 0.05) is 19.1 Å². The van der Waals surface area contributed by atoms with E-state index in [1.54, 1.807) is 0 Å². The molecule has 0 aromatic carbocycles. The minimum atomic E-state index is -0.502. The Bertz CT molecular complexity index is 341. The summed E-state index contributed by atoms with van der Waals surface area (Å²) >= 11 is 0. The Hall–Kier alpha value is -0.610. The number of esters is 1. The summed E-state index contributed by atoms with van der Waals surface area (Å²) in [5.41, 5.74) is -0.502. The van der Waals surface area contributed by atoms with Gasteiger partial charge in [-0.3, -0.25) is 10.1 Å². The summed E-state index contributed by atoms with van der Waals surface area (Å²) in [5, 5.41) is 3.57. The molecule has 2 fully saturated rings. The van der Waals surface area contributed by atoms with Gasteiger partial charge in [-0.1, -0.05) is 13.8 Å². The molecule has 0 radical (unpaired) electrons. The van der Waals surface area contributed by atoms with Crippen LogP contribution < -0.4 is 5.32 Å². The SMILES string of the molecule is CCOC(=O)C1(NC2CC2)CCCC(OCCC(C)C)C1. The molecule has 4 nitrogen and oxygen atoms in total. The summed E-state index contributed by atoms with van der Waals surface area (Å²) < 4.78 is 11.4. The van der Waals surface area contributed by atoms with E-state index in [9.17, 15) is 4.79 Å². The van der Waals surface area contributed by atoms with Gasteiger partial charge in [0.2, 0.25) is 0 Å². The number of nitrogens with one attached hydrogen (secondary N) is 1. The van der Waals surface area contributed by atoms with Crippen LogP contribution in [0.4, 0.5) is 0 Å². The van der Waals surface area contributed by atoms with Crippen molar-refractivity contribution < 1.29 is 14.3 Å². The van der Waals surface area contributed by atoms with Gasteiger partial charge in [-0.15, -0.1) is 0 Å². The average molecular weight is 297 g/mol. The molecule has 2 atom stereocenters. The zero-order valence-electron chi connectivity index (χ0n) is 13.8. The van der Waals surface area contributed by atoms with E-state index < -0.39 is 5.54 Å². The number of hydrogen-bond acceptors (Lipinski definition) is 4. The van der Waals surface area contributed by atoms with Crippen LogP contribution in [0.15, 0.2) is 0 Å². The minimum absolute atomic E-state index is 0.0749. The zero-order chi connectivity index (χ0) is 15.3. The quantitative estimate of drug-likeness (QED) is 0.700. The number of hydrogen-bond donors (Lipinski definition) is 1. The Morgan fingerprint density at radius 2 is 2.10 bits per heavy atom. The summed E-state index contributed by atoms with van der Waals surface area (Å²) in [6, 6.07) is 0.504. The highest BCUT2D eigenvalue weighted by Gasteiger charge is 2.47. The van der Waals surface area contributed by atoms with E-state index in [0.717, 1.165) is 38.7 Å². The van der Waals surface area contributed by atoms with Crippen LogP contribution >= 0.6 is 0 Å². The van der Waals surface area contributed by atoms with Crippen LogP contribution in [0.5, 0.6) is 0 Å². The lowest BCUT2D eigenvalue weighted by Gasteiger charge is -2.39. The summed E-state index contributed by atoms with van der Waals surface area (Å²) in [7, 11) is 0. The van der Waals surface area contributed by atoms with Crippen molar-refractivity contribution in [1.29, 1.82) is 0 Å². The first-order valence-electron chi connectivity index (χ1n) is 8.62. The van der Waals surface area contributed by atoms with Gasteiger partial charge in [-0.05, 0) is 51.4 Å². The van der Waals surface area contributed by atoms with E-state index in [0.29, 0.717) is 18.6 Å². The normalized spacial score (nSPS) is 29.6. The van der Waals surface area contributed by atoms with Crippen molar-refractivity contribution in [2.24, 2.45) is 5.92 Å². The fourth-order valence-electron chi connectivity index (χ4n) is 3.10. The van der Waals surface area contributed by atoms with Crippen LogP contribution in [0, 0.1) is 5.92 Å². The molecule has 0 aromatic heterocycles. The number of rotatable bonds is 8. The highest BCUT2D eigenvalue weighted by atomic mass is 16.5. The van der Waals surface area contributed by atoms with Gasteiger partial charge in [0.1, 0.15) is 5.54 Å². The van der Waals surface area contributed by atoms with Gasteiger partial charge in [0.15, 0.2) is 0 Å². The van der Waals surface area contributed by atoms with Crippen molar-refractivity contribution in [3.05, 3.63) is 0 Å². The molecule has 4 heteroatoms. The average Bonchev–Trinajstić information content (AvgIpc) is 3.23. The summed E-state index contributed by atoms with van der Waals surface area (Å²) in [6.45, 7) is 7.54. The second-order valence-electron chi connectivity index (χ2n) is 6.99. The largest absolute Gasteiger partial charge is 0.465 e. The Morgan fingerprint density at radius 1 is 1.33 bits per heavy atom. The minimum Gasteiger partial charge on any atom is -0.465 e. The maximum atomic E-state index is 12.5. The lowest BCUT2D eigenvalue weighted by molar-refractivity contribution is -0.155. The van der Waals surface area contributed by atoms with Crippen molar-refractivity contribution in [3.63, 3.8) is 0 Å². The molecule has 2 aliphatic carbocycles. The van der Waals surface area contributed by atoms with E-state index >= 15 is 0 Å². The van der Waals surface area contributed by atoms with E-state index in [1.165, 1.54) is 12.8 Å². The maximum Gasteiger partial charge on any atom is 0.326 e. The third-order valence-electron chi connectivity index (χ3n) is 4.48. The first-order chi connectivity index (χ1) is 10.1. The van der Waals surface area contributed by atoms with Crippen LogP contribution in [0.2, 0.25) is 0 Å². The summed E-state index contributed by atoms with van der Waals surface area (Å²) in [4.78, 5) is 12.5. The van der Waals surface area contributed by atoms with E-state index in [4.69, 9.17) is 9.47 Å². The maximum absolute atomic E-state index is 12.5. The Kier molecular flexibility index (Phi) is 6.06. The molecule has 122 valence electrons. The Balaban J connectivity index is 1.93. The molecule has 2 unspecified atom stereocenters. The van der Waals surface area contributed by atoms with Crippen molar-refractivity contribution in [1.82, 2.24) is 5.32 Å². The molecule has 0 spiro atoms. The highest BCUT2D eigenvalue weighted by Crippen LogP contribution is 2.35. The smallest absolute Gasteiger partial charge is 0.326 e. The first kappa shape index (κ1) is 16.8. The third kappa shape index (κ3) is 4.96. The third-order valence-corrected chi connectivity index (χ3v) is 4.48. The topological polar surface area (TPSA) is 47.6 Å². The fraction of sp³-hybridized carbons (Fsp3) is 0.941. The number of carbonyl (C=O) groups is 1. The van der Waals surface area contributed by atoms with Crippen molar-refractivity contribution in [2.75, 3.05) is 13.2 Å². The van der Waals surface area contributed by atoms with Gasteiger partial charge < -0.3 is 9.47 Å². The molecule has 0 amide bonds. The second-order valence-corrected chi connectivity index (χ2v) is 6.99. The van der Waals surface area contributed by atoms with Gasteiger partial charge >= 0.3 is 5.97 Å². The first-order valence-corrected chi connectivity index (χ1v) is 8.62. The molecular weight excluding hydrogens is 266 g/mol. The molecule has 2 saturated carbocycles. The molecule has 0 aliphatic heterocycles. The van der Waals surface area contributed by atoms with Crippen molar-refractivity contribution in [2.45, 2.75) is 83.4 Å². The monoisotopic (exact) mass is 297 g/mol. The van der Waals surface area contributed by atoms with E-state index in [1.807, 2.05) is 6.92 Å². The molecule has 0 bridgehead atoms. The van der Waals surface area contributed by atoms with Crippen LogP contribution in [0.25, 0.3) is 0 Å². The van der Waals surface area contributed by atoms with E-state index in [-0.39, 0.29) is 12.1 Å². The van der Waals surface area contributed by atoms with Crippen molar-refractivity contribution in [3.8, 4) is 0 Å². The lowest BCUT2D eigenvalue weighted by atomic mass is 9.79. The predicted molar refractivity (Wildman–Crippen MR) is 83.2 cm³/mol. The van der Waals surface area contributed by atoms with Gasteiger partial charge in [0.05, 0.1) is 12.7 Å². The molecule has 1 N–H and O–H groups in total. The standard InChI is InChI=1S/C17H31NO3/c1-4-20-16(19)17(18-14-7-8-14)10-5-6-15(12-17)21-11-9-13(2)3/h13-15,18H,4-12H2,1-3H3. The van der Waals surface area contributed by atoms with E-state index in [2.05, 4.69) is 19.2 Å². The Labute approximate surface area is 129 Å². The molecule has 2 aliphatic rings. The number of ether oxygens (including phenoxy) is 2. The van der Waals surface area contributed by atoms with Gasteiger partial charge in [-0.25, -0.2) is 0 Å². The summed E-state index contributed by atoms with van der Waals surface area (Å²) in [6.07, 6.45) is 7.37. The fourth-order valence-corrected chi connectivity index (χ4v) is 3.10. The lowest BCUT2D eigenvalue weighted by Crippen LogP contribution is -2.57. The van der Waals surface area contributed by atoms with Crippen molar-refractivity contribution >= 4 is 5.97 Å². The second kappa shape index (κ2) is 7.59. The zero-order valence-corrected chi connectivity index (χ0v) is 13.8. The van der Waals surface area contributed by atoms with Gasteiger partial charge in [-0.2, -0.15) is 0 Å². The van der Waals surface area contributed by atoms with Crippen LogP contribution in [0.3, 0.4) is 0 Å². The molecule has 0 saturated heterocycles. The summed E-state index contributed by atoms with van der Waals surface area (Å²) in [5.74, 6) is 0.585. The van der Waals surface area contributed by atoms with Gasteiger partial charge in [0.25, 0.3) is 0 Å². The molecule has 0 aromatic rings. The Morgan fingerprint density at radius 3 is 2.71 bits per heavy atom. The van der Waals surface area contributed by atoms with Crippen LogP contribution in [-0.2, 0) is 14.3 Å². The molecular formula is C17H31NO3. The highest BCUT2D eigenvalue weighted by molar-refractivity contribution is 5.81. The molecule has 0 heterocycles. The predicted octanol–water partition coefficient (Wildman–Crippen LogP) is 3.05. The van der Waals surface area contributed by atoms with Crippen LogP contribution in [0.1, 0.15) is 65.7 Å².